The SMILES string of the molecule is CC[C@@H](Oc1ccc(OC)cc1)C(=O)N1CCN(c2ccc(F)cc2)CC1. The van der Waals surface area contributed by atoms with E-state index in [1.807, 2.05) is 24.0 Å². The molecule has 0 aromatic heterocycles. The van der Waals surface area contributed by atoms with Gasteiger partial charge in [-0.1, -0.05) is 6.92 Å². The largest absolute Gasteiger partial charge is 0.497 e. The summed E-state index contributed by atoms with van der Waals surface area (Å²) in [6.45, 7) is 4.63. The minimum atomic E-state index is -0.504. The Morgan fingerprint density at radius 2 is 1.59 bits per heavy atom. The van der Waals surface area contributed by atoms with Gasteiger partial charge in [0.05, 0.1) is 7.11 Å². The summed E-state index contributed by atoms with van der Waals surface area (Å²) >= 11 is 0. The molecule has 1 heterocycles. The summed E-state index contributed by atoms with van der Waals surface area (Å²) < 4.78 is 24.1. The van der Waals surface area contributed by atoms with Crippen LogP contribution in [-0.4, -0.2) is 50.2 Å². The second kappa shape index (κ2) is 8.75. The second-order valence-electron chi connectivity index (χ2n) is 6.48. The average molecular weight is 372 g/mol. The number of hydrogen-bond donors (Lipinski definition) is 0. The van der Waals surface area contributed by atoms with Crippen LogP contribution in [0.4, 0.5) is 10.1 Å². The van der Waals surface area contributed by atoms with E-state index in [1.54, 1.807) is 31.4 Å². The fraction of sp³-hybridized carbons (Fsp3) is 0.381. The van der Waals surface area contributed by atoms with E-state index in [9.17, 15) is 9.18 Å². The summed E-state index contributed by atoms with van der Waals surface area (Å²) in [5, 5.41) is 0. The Morgan fingerprint density at radius 1 is 1.00 bits per heavy atom. The van der Waals surface area contributed by atoms with Crippen molar-refractivity contribution in [3.8, 4) is 11.5 Å². The van der Waals surface area contributed by atoms with Gasteiger partial charge in [-0.2, -0.15) is 0 Å². The van der Waals surface area contributed by atoms with Crippen molar-refractivity contribution in [2.75, 3.05) is 38.2 Å². The van der Waals surface area contributed by atoms with Crippen molar-refractivity contribution < 1.29 is 18.7 Å². The van der Waals surface area contributed by atoms with Gasteiger partial charge in [-0.25, -0.2) is 4.39 Å². The number of ether oxygens (including phenoxy) is 2. The van der Waals surface area contributed by atoms with E-state index in [0.29, 0.717) is 25.3 Å². The van der Waals surface area contributed by atoms with Gasteiger partial charge in [-0.15, -0.1) is 0 Å². The normalized spacial score (nSPS) is 15.4. The summed E-state index contributed by atoms with van der Waals surface area (Å²) in [6.07, 6.45) is 0.0963. The summed E-state index contributed by atoms with van der Waals surface area (Å²) in [6, 6.07) is 13.7. The zero-order valence-corrected chi connectivity index (χ0v) is 15.7. The van der Waals surface area contributed by atoms with Crippen molar-refractivity contribution in [2.24, 2.45) is 0 Å². The van der Waals surface area contributed by atoms with E-state index in [2.05, 4.69) is 4.90 Å². The molecular weight excluding hydrogens is 347 g/mol. The van der Waals surface area contributed by atoms with Gasteiger partial charge in [0.2, 0.25) is 0 Å². The third-order valence-electron chi connectivity index (χ3n) is 4.77. The summed E-state index contributed by atoms with van der Waals surface area (Å²) in [7, 11) is 1.61. The third-order valence-corrected chi connectivity index (χ3v) is 4.77. The van der Waals surface area contributed by atoms with Gasteiger partial charge >= 0.3 is 0 Å². The molecule has 0 radical (unpaired) electrons. The van der Waals surface area contributed by atoms with E-state index < -0.39 is 6.10 Å². The van der Waals surface area contributed by atoms with E-state index in [1.165, 1.54) is 12.1 Å². The van der Waals surface area contributed by atoms with Gasteiger partial charge in [-0.05, 0) is 55.0 Å². The Balaban J connectivity index is 1.57. The van der Waals surface area contributed by atoms with Crippen molar-refractivity contribution in [3.63, 3.8) is 0 Å². The predicted octanol–water partition coefficient (Wildman–Crippen LogP) is 3.34. The average Bonchev–Trinajstić information content (AvgIpc) is 2.72. The summed E-state index contributed by atoms with van der Waals surface area (Å²) in [5.74, 6) is 1.17. The molecule has 5 nitrogen and oxygen atoms in total. The molecule has 1 saturated heterocycles. The molecule has 0 unspecified atom stereocenters. The fourth-order valence-electron chi connectivity index (χ4n) is 3.17. The number of nitrogens with zero attached hydrogens (tertiary/aromatic N) is 2. The van der Waals surface area contributed by atoms with Crippen LogP contribution in [0.25, 0.3) is 0 Å². The molecule has 27 heavy (non-hydrogen) atoms. The number of anilines is 1. The maximum Gasteiger partial charge on any atom is 0.263 e. The number of hydrogen-bond acceptors (Lipinski definition) is 4. The Labute approximate surface area is 159 Å². The van der Waals surface area contributed by atoms with Crippen LogP contribution >= 0.6 is 0 Å². The lowest BCUT2D eigenvalue weighted by Gasteiger charge is -2.37. The first kappa shape index (κ1) is 19.0. The topological polar surface area (TPSA) is 42.0 Å². The molecule has 6 heteroatoms. The molecule has 0 N–H and O–H groups in total. The van der Waals surface area contributed by atoms with Crippen molar-refractivity contribution in [3.05, 3.63) is 54.3 Å². The quantitative estimate of drug-likeness (QED) is 0.780. The molecule has 0 bridgehead atoms. The van der Waals surface area contributed by atoms with E-state index in [-0.39, 0.29) is 11.7 Å². The number of rotatable bonds is 6. The number of methoxy groups -OCH3 is 1. The van der Waals surface area contributed by atoms with Gasteiger partial charge in [0.1, 0.15) is 17.3 Å². The lowest BCUT2D eigenvalue weighted by molar-refractivity contribution is -0.139. The first-order valence-electron chi connectivity index (χ1n) is 9.20. The number of carbonyl (C=O) groups is 1. The molecular formula is C21H25FN2O3. The monoisotopic (exact) mass is 372 g/mol. The number of carbonyl (C=O) groups excluding carboxylic acids is 1. The van der Waals surface area contributed by atoms with Crippen LogP contribution in [0.5, 0.6) is 11.5 Å². The third kappa shape index (κ3) is 4.70. The molecule has 1 aliphatic rings. The number of amides is 1. The second-order valence-corrected chi connectivity index (χ2v) is 6.48. The number of halogens is 1. The summed E-state index contributed by atoms with van der Waals surface area (Å²) in [5.41, 5.74) is 0.977. The maximum atomic E-state index is 13.1. The van der Waals surface area contributed by atoms with Crippen molar-refractivity contribution in [2.45, 2.75) is 19.4 Å². The predicted molar refractivity (Wildman–Crippen MR) is 103 cm³/mol. The first-order chi connectivity index (χ1) is 13.1. The highest BCUT2D eigenvalue weighted by atomic mass is 19.1. The molecule has 2 aromatic rings. The van der Waals surface area contributed by atoms with E-state index in [0.717, 1.165) is 24.5 Å². The van der Waals surface area contributed by atoms with E-state index >= 15 is 0 Å². The Hall–Kier alpha value is -2.76. The maximum absolute atomic E-state index is 13.1. The van der Waals surface area contributed by atoms with Crippen LogP contribution in [0.2, 0.25) is 0 Å². The van der Waals surface area contributed by atoms with Crippen LogP contribution in [-0.2, 0) is 4.79 Å². The van der Waals surface area contributed by atoms with Crippen LogP contribution in [0.3, 0.4) is 0 Å². The molecule has 0 spiro atoms. The highest BCUT2D eigenvalue weighted by Gasteiger charge is 2.28. The first-order valence-corrected chi connectivity index (χ1v) is 9.20. The zero-order chi connectivity index (χ0) is 19.2. The molecule has 2 aromatic carbocycles. The van der Waals surface area contributed by atoms with Gasteiger partial charge in [0.25, 0.3) is 5.91 Å². The Bertz CT molecular complexity index is 741. The zero-order valence-electron chi connectivity index (χ0n) is 15.7. The molecule has 0 aliphatic carbocycles. The molecule has 144 valence electrons. The molecule has 0 saturated carbocycles. The smallest absolute Gasteiger partial charge is 0.263 e. The molecule has 1 atom stereocenters. The molecule has 1 fully saturated rings. The van der Waals surface area contributed by atoms with Crippen molar-refractivity contribution in [1.82, 2.24) is 4.90 Å². The van der Waals surface area contributed by atoms with Crippen LogP contribution in [0.1, 0.15) is 13.3 Å². The lowest BCUT2D eigenvalue weighted by atomic mass is 10.2. The minimum Gasteiger partial charge on any atom is -0.497 e. The molecule has 1 amide bonds. The molecule has 1 aliphatic heterocycles. The molecule has 3 rings (SSSR count). The van der Waals surface area contributed by atoms with Crippen LogP contribution in [0, 0.1) is 5.82 Å². The fourth-order valence-corrected chi connectivity index (χ4v) is 3.17. The van der Waals surface area contributed by atoms with E-state index in [4.69, 9.17) is 9.47 Å². The van der Waals surface area contributed by atoms with Crippen molar-refractivity contribution >= 4 is 11.6 Å². The van der Waals surface area contributed by atoms with Crippen LogP contribution < -0.4 is 14.4 Å². The van der Waals surface area contributed by atoms with Gasteiger partial charge in [0, 0.05) is 31.9 Å². The Kier molecular flexibility index (Phi) is 6.16. The van der Waals surface area contributed by atoms with Crippen molar-refractivity contribution in [1.29, 1.82) is 0 Å². The summed E-state index contributed by atoms with van der Waals surface area (Å²) in [4.78, 5) is 16.9. The Morgan fingerprint density at radius 3 is 2.15 bits per heavy atom. The van der Waals surface area contributed by atoms with Gasteiger partial charge < -0.3 is 19.3 Å². The number of piperazine rings is 1. The number of benzene rings is 2. The highest BCUT2D eigenvalue weighted by Crippen LogP contribution is 2.21. The minimum absolute atomic E-state index is 0.00655. The standard InChI is InChI=1S/C21H25FN2O3/c1-3-20(27-19-10-8-18(26-2)9-11-19)21(25)24-14-12-23(13-15-24)17-6-4-16(22)5-7-17/h4-11,20H,3,12-15H2,1-2H3/t20-/m1/s1. The lowest BCUT2D eigenvalue weighted by Crippen LogP contribution is -2.52. The van der Waals surface area contributed by atoms with Crippen LogP contribution in [0.15, 0.2) is 48.5 Å². The highest BCUT2D eigenvalue weighted by molar-refractivity contribution is 5.81. The van der Waals surface area contributed by atoms with Gasteiger partial charge in [0.15, 0.2) is 6.10 Å². The van der Waals surface area contributed by atoms with Gasteiger partial charge in [-0.3, -0.25) is 4.79 Å².